The summed E-state index contributed by atoms with van der Waals surface area (Å²) in [6, 6.07) is 0. The average molecular weight is 291 g/mol. The van der Waals surface area contributed by atoms with Crippen molar-refractivity contribution in [1.29, 1.82) is 0 Å². The fraction of sp³-hybridized carbons (Fsp3) is 1.00. The number of hydrogen-bond acceptors (Lipinski definition) is 1. The normalized spacial score (nSPS) is 31.7. The predicted molar refractivity (Wildman–Crippen MR) is 74.2 cm³/mol. The quantitative estimate of drug-likeness (QED) is 0.677. The molecule has 1 aliphatic rings. The van der Waals surface area contributed by atoms with Crippen LogP contribution in [0.4, 0.5) is 0 Å². The smallest absolute Gasteiger partial charge is 0.0779 e. The minimum absolute atomic E-state index is 0.137. The van der Waals surface area contributed by atoms with E-state index in [1.54, 1.807) is 0 Å². The van der Waals surface area contributed by atoms with Gasteiger partial charge in [-0.25, -0.2) is 0 Å². The molecule has 0 atom stereocenters. The Hall–Kier alpha value is 0.440. The van der Waals surface area contributed by atoms with Crippen molar-refractivity contribution in [2.45, 2.75) is 65.4 Å². The molecule has 1 saturated carbocycles. The third-order valence-electron chi connectivity index (χ3n) is 3.69. The summed E-state index contributed by atoms with van der Waals surface area (Å²) < 4.78 is 6.20. The van der Waals surface area contributed by atoms with Gasteiger partial charge in [-0.3, -0.25) is 0 Å². The molecule has 0 N–H and O–H groups in total. The zero-order valence-corrected chi connectivity index (χ0v) is 12.9. The summed E-state index contributed by atoms with van der Waals surface area (Å²) in [5, 5.41) is 0.997. The maximum Gasteiger partial charge on any atom is 0.0779 e. The molecule has 0 unspecified atom stereocenters. The average Bonchev–Trinajstić information content (AvgIpc) is 2.20. The first kappa shape index (κ1) is 14.5. The summed E-state index contributed by atoms with van der Waals surface area (Å²) in [6.45, 7) is 10.1. The van der Waals surface area contributed by atoms with Crippen molar-refractivity contribution in [2.75, 3.05) is 11.9 Å². The standard InChI is InChI=1S/C14H27BrO/c1-12-5-7-14(11-15,8-6-12)16-10-9-13(2,3)4/h12H,5-11H2,1-4H3. The highest BCUT2D eigenvalue weighted by atomic mass is 79.9. The van der Waals surface area contributed by atoms with Crippen LogP contribution in [0.25, 0.3) is 0 Å². The van der Waals surface area contributed by atoms with Crippen LogP contribution in [0.1, 0.15) is 59.8 Å². The van der Waals surface area contributed by atoms with Gasteiger partial charge in [-0.15, -0.1) is 0 Å². The van der Waals surface area contributed by atoms with Crippen molar-refractivity contribution in [1.82, 2.24) is 0 Å². The maximum absolute atomic E-state index is 6.20. The van der Waals surface area contributed by atoms with E-state index in [9.17, 15) is 0 Å². The molecule has 1 nitrogen and oxygen atoms in total. The highest BCUT2D eigenvalue weighted by molar-refractivity contribution is 9.09. The maximum atomic E-state index is 6.20. The molecule has 0 aromatic heterocycles. The van der Waals surface area contributed by atoms with Gasteiger partial charge in [0.15, 0.2) is 0 Å². The van der Waals surface area contributed by atoms with Crippen LogP contribution in [0.3, 0.4) is 0 Å². The van der Waals surface area contributed by atoms with Crippen molar-refractivity contribution < 1.29 is 4.74 Å². The van der Waals surface area contributed by atoms with E-state index in [1.165, 1.54) is 25.7 Å². The first-order valence-electron chi connectivity index (χ1n) is 6.57. The fourth-order valence-electron chi connectivity index (χ4n) is 2.18. The summed E-state index contributed by atoms with van der Waals surface area (Å²) in [4.78, 5) is 0. The third kappa shape index (κ3) is 4.75. The summed E-state index contributed by atoms with van der Waals surface area (Å²) in [6.07, 6.45) is 6.24. The van der Waals surface area contributed by atoms with Crippen LogP contribution in [0.15, 0.2) is 0 Å². The summed E-state index contributed by atoms with van der Waals surface area (Å²) in [5.74, 6) is 0.887. The van der Waals surface area contributed by atoms with Crippen LogP contribution < -0.4 is 0 Å². The molecule has 0 bridgehead atoms. The largest absolute Gasteiger partial charge is 0.374 e. The second-order valence-corrected chi connectivity index (χ2v) is 7.22. The summed E-state index contributed by atoms with van der Waals surface area (Å²) >= 11 is 3.64. The molecule has 96 valence electrons. The zero-order valence-electron chi connectivity index (χ0n) is 11.3. The van der Waals surface area contributed by atoms with Gasteiger partial charge >= 0.3 is 0 Å². The number of ether oxygens (including phenoxy) is 1. The van der Waals surface area contributed by atoms with Gasteiger partial charge in [-0.1, -0.05) is 43.6 Å². The minimum atomic E-state index is 0.137. The molecule has 0 heterocycles. The first-order valence-corrected chi connectivity index (χ1v) is 7.69. The van der Waals surface area contributed by atoms with Gasteiger partial charge in [0.05, 0.1) is 5.60 Å². The van der Waals surface area contributed by atoms with Gasteiger partial charge in [-0.2, -0.15) is 0 Å². The van der Waals surface area contributed by atoms with Gasteiger partial charge in [0.2, 0.25) is 0 Å². The molecule has 1 rings (SSSR count). The number of halogens is 1. The van der Waals surface area contributed by atoms with Gasteiger partial charge in [-0.05, 0) is 43.4 Å². The lowest BCUT2D eigenvalue weighted by molar-refractivity contribution is -0.0658. The van der Waals surface area contributed by atoms with E-state index in [-0.39, 0.29) is 5.60 Å². The van der Waals surface area contributed by atoms with Crippen LogP contribution in [-0.4, -0.2) is 17.5 Å². The lowest BCUT2D eigenvalue weighted by Gasteiger charge is -2.38. The van der Waals surface area contributed by atoms with Crippen LogP contribution in [0.2, 0.25) is 0 Å². The number of hydrogen-bond donors (Lipinski definition) is 0. The second kappa shape index (κ2) is 5.86. The molecule has 0 aromatic carbocycles. The lowest BCUT2D eigenvalue weighted by atomic mass is 9.80. The number of rotatable bonds is 4. The van der Waals surface area contributed by atoms with Crippen LogP contribution in [-0.2, 0) is 4.74 Å². The van der Waals surface area contributed by atoms with Gasteiger partial charge in [0, 0.05) is 11.9 Å². The Labute approximate surface area is 109 Å². The van der Waals surface area contributed by atoms with E-state index in [1.807, 2.05) is 0 Å². The van der Waals surface area contributed by atoms with E-state index in [4.69, 9.17) is 4.74 Å². The van der Waals surface area contributed by atoms with E-state index in [0.29, 0.717) is 5.41 Å². The second-order valence-electron chi connectivity index (χ2n) is 6.66. The molecule has 2 heteroatoms. The molecular weight excluding hydrogens is 264 g/mol. The Morgan fingerprint density at radius 2 is 1.81 bits per heavy atom. The van der Waals surface area contributed by atoms with Crippen molar-refractivity contribution in [3.8, 4) is 0 Å². The van der Waals surface area contributed by atoms with Crippen molar-refractivity contribution in [3.05, 3.63) is 0 Å². The molecule has 16 heavy (non-hydrogen) atoms. The van der Waals surface area contributed by atoms with Crippen LogP contribution in [0, 0.1) is 11.3 Å². The first-order chi connectivity index (χ1) is 7.37. The molecule has 0 aliphatic heterocycles. The predicted octanol–water partition coefficient (Wildman–Crippen LogP) is 4.78. The van der Waals surface area contributed by atoms with E-state index >= 15 is 0 Å². The SMILES string of the molecule is CC1CCC(CBr)(OCCC(C)(C)C)CC1. The Morgan fingerprint density at radius 3 is 2.25 bits per heavy atom. The van der Waals surface area contributed by atoms with Gasteiger partial charge in [0.1, 0.15) is 0 Å². The fourth-order valence-corrected chi connectivity index (χ4v) is 2.90. The minimum Gasteiger partial charge on any atom is -0.374 e. The zero-order chi connectivity index (χ0) is 12.2. The van der Waals surface area contributed by atoms with E-state index in [2.05, 4.69) is 43.6 Å². The molecule has 1 aliphatic carbocycles. The molecule has 0 saturated heterocycles. The highest BCUT2D eigenvalue weighted by Crippen LogP contribution is 2.36. The van der Waals surface area contributed by atoms with Crippen molar-refractivity contribution in [2.24, 2.45) is 11.3 Å². The molecule has 0 aromatic rings. The van der Waals surface area contributed by atoms with Crippen LogP contribution >= 0.6 is 15.9 Å². The van der Waals surface area contributed by atoms with Gasteiger partial charge < -0.3 is 4.74 Å². The van der Waals surface area contributed by atoms with E-state index < -0.39 is 0 Å². The van der Waals surface area contributed by atoms with Crippen molar-refractivity contribution in [3.63, 3.8) is 0 Å². The molecule has 0 radical (unpaired) electrons. The van der Waals surface area contributed by atoms with Crippen LogP contribution in [0.5, 0.6) is 0 Å². The molecular formula is C14H27BrO. The van der Waals surface area contributed by atoms with E-state index in [0.717, 1.165) is 24.3 Å². The molecule has 0 spiro atoms. The molecule has 1 fully saturated rings. The summed E-state index contributed by atoms with van der Waals surface area (Å²) in [7, 11) is 0. The Balaban J connectivity index is 2.36. The Bertz CT molecular complexity index is 199. The van der Waals surface area contributed by atoms with Crippen molar-refractivity contribution >= 4 is 15.9 Å². The Kier molecular flexibility index (Phi) is 5.31. The topological polar surface area (TPSA) is 9.23 Å². The summed E-state index contributed by atoms with van der Waals surface area (Å²) in [5.41, 5.74) is 0.521. The molecule has 0 amide bonds. The Morgan fingerprint density at radius 1 is 1.25 bits per heavy atom. The monoisotopic (exact) mass is 290 g/mol. The lowest BCUT2D eigenvalue weighted by Crippen LogP contribution is -2.39. The highest BCUT2D eigenvalue weighted by Gasteiger charge is 2.34. The third-order valence-corrected chi connectivity index (χ3v) is 4.71. The van der Waals surface area contributed by atoms with Gasteiger partial charge in [0.25, 0.3) is 0 Å². The number of alkyl halides is 1.